The molecule has 0 radical (unpaired) electrons. The Labute approximate surface area is 152 Å². The monoisotopic (exact) mass is 351 g/mol. The molecule has 0 bridgehead atoms. The number of aromatic nitrogens is 2. The number of nitrogens with one attached hydrogen (secondary N) is 1. The van der Waals surface area contributed by atoms with Crippen molar-refractivity contribution in [2.45, 2.75) is 31.8 Å². The second-order valence-corrected chi connectivity index (χ2v) is 6.49. The van der Waals surface area contributed by atoms with Crippen molar-refractivity contribution in [3.63, 3.8) is 0 Å². The van der Waals surface area contributed by atoms with Crippen LogP contribution in [0.15, 0.2) is 35.9 Å². The molecule has 3 heterocycles. The van der Waals surface area contributed by atoms with Crippen LogP contribution in [0.2, 0.25) is 0 Å². The highest BCUT2D eigenvalue weighted by molar-refractivity contribution is 5.95. The number of hydrogen-bond acceptors (Lipinski definition) is 5. The van der Waals surface area contributed by atoms with Crippen LogP contribution in [-0.2, 0) is 9.47 Å². The van der Waals surface area contributed by atoms with Gasteiger partial charge in [0, 0.05) is 37.2 Å². The lowest BCUT2D eigenvalue weighted by Crippen LogP contribution is -2.24. The Morgan fingerprint density at radius 2 is 2.15 bits per heavy atom. The van der Waals surface area contributed by atoms with E-state index in [1.54, 1.807) is 13.3 Å². The lowest BCUT2D eigenvalue weighted by molar-refractivity contribution is -0.00650. The maximum absolute atomic E-state index is 9.62. The van der Waals surface area contributed by atoms with Gasteiger partial charge in [-0.15, -0.1) is 0 Å². The zero-order valence-electron chi connectivity index (χ0n) is 14.7. The topological polar surface area (TPSA) is 80.2 Å². The third-order valence-electron chi connectivity index (χ3n) is 4.94. The first-order valence-corrected chi connectivity index (χ1v) is 8.89. The van der Waals surface area contributed by atoms with Crippen LogP contribution in [0.1, 0.15) is 31.2 Å². The molecule has 2 aromatic rings. The number of aromatic amines is 1. The summed E-state index contributed by atoms with van der Waals surface area (Å²) in [6.07, 6.45) is 9.04. The number of allylic oxidation sites excluding steroid dienone is 4. The molecule has 2 aromatic heterocycles. The smallest absolute Gasteiger partial charge is 0.141 e. The zero-order chi connectivity index (χ0) is 17.9. The van der Waals surface area contributed by atoms with Gasteiger partial charge in [0.25, 0.3) is 0 Å². The van der Waals surface area contributed by atoms with Crippen molar-refractivity contribution in [1.29, 1.82) is 5.26 Å². The van der Waals surface area contributed by atoms with Crippen LogP contribution < -0.4 is 4.74 Å². The highest BCUT2D eigenvalue weighted by Gasteiger charge is 2.23. The average molecular weight is 351 g/mol. The van der Waals surface area contributed by atoms with Gasteiger partial charge in [0.1, 0.15) is 29.3 Å². The largest absolute Gasteiger partial charge is 0.496 e. The fraction of sp³-hybridized carbons (Fsp3) is 0.400. The molecule has 0 unspecified atom stereocenters. The van der Waals surface area contributed by atoms with Gasteiger partial charge < -0.3 is 19.2 Å². The molecule has 1 aliphatic carbocycles. The molecule has 0 amide bonds. The minimum atomic E-state index is 0.148. The molecular weight excluding hydrogens is 330 g/mol. The number of fused-ring (bicyclic) bond motifs is 1. The van der Waals surface area contributed by atoms with E-state index in [2.05, 4.69) is 16.0 Å². The van der Waals surface area contributed by atoms with Crippen LogP contribution in [0.4, 0.5) is 0 Å². The minimum absolute atomic E-state index is 0.148. The van der Waals surface area contributed by atoms with Crippen molar-refractivity contribution in [2.75, 3.05) is 20.3 Å². The van der Waals surface area contributed by atoms with Crippen molar-refractivity contribution in [1.82, 2.24) is 9.97 Å². The number of methoxy groups -OCH3 is 1. The molecule has 0 atom stereocenters. The Balaban J connectivity index is 1.67. The van der Waals surface area contributed by atoms with Gasteiger partial charge in [-0.1, -0.05) is 0 Å². The minimum Gasteiger partial charge on any atom is -0.496 e. The number of nitriles is 1. The molecule has 0 spiro atoms. The summed E-state index contributed by atoms with van der Waals surface area (Å²) in [5, 5.41) is 10.6. The van der Waals surface area contributed by atoms with E-state index >= 15 is 0 Å². The van der Waals surface area contributed by atoms with E-state index < -0.39 is 0 Å². The van der Waals surface area contributed by atoms with E-state index in [1.165, 1.54) is 0 Å². The van der Waals surface area contributed by atoms with E-state index in [0.29, 0.717) is 5.57 Å². The van der Waals surface area contributed by atoms with Crippen molar-refractivity contribution >= 4 is 16.6 Å². The molecule has 6 heteroatoms. The molecule has 134 valence electrons. The lowest BCUT2D eigenvalue weighted by atomic mass is 9.92. The summed E-state index contributed by atoms with van der Waals surface area (Å²) < 4.78 is 17.0. The van der Waals surface area contributed by atoms with Crippen LogP contribution in [-0.4, -0.2) is 36.4 Å². The normalized spacial score (nSPS) is 18.5. The van der Waals surface area contributed by atoms with Gasteiger partial charge in [0.05, 0.1) is 31.3 Å². The van der Waals surface area contributed by atoms with Crippen molar-refractivity contribution in [2.24, 2.45) is 0 Å². The maximum Gasteiger partial charge on any atom is 0.141 e. The Morgan fingerprint density at radius 1 is 1.31 bits per heavy atom. The lowest BCUT2D eigenvalue weighted by Gasteiger charge is -2.26. The Hall–Kier alpha value is -2.78. The second-order valence-electron chi connectivity index (χ2n) is 6.49. The molecule has 1 N–H and O–H groups in total. The second kappa shape index (κ2) is 7.22. The van der Waals surface area contributed by atoms with Crippen molar-refractivity contribution in [3.8, 4) is 11.8 Å². The van der Waals surface area contributed by atoms with Crippen molar-refractivity contribution in [3.05, 3.63) is 41.4 Å². The first-order chi connectivity index (χ1) is 12.8. The molecule has 0 saturated carbocycles. The predicted octanol–water partition coefficient (Wildman–Crippen LogP) is 3.72. The number of hydrogen-bond donors (Lipinski definition) is 1. The molecule has 1 fully saturated rings. The molecule has 26 heavy (non-hydrogen) atoms. The predicted molar refractivity (Wildman–Crippen MR) is 97.4 cm³/mol. The summed E-state index contributed by atoms with van der Waals surface area (Å²) in [5.74, 6) is 1.58. The number of rotatable bonds is 4. The van der Waals surface area contributed by atoms with E-state index in [-0.39, 0.29) is 6.10 Å². The summed E-state index contributed by atoms with van der Waals surface area (Å²) in [6.45, 7) is 1.45. The summed E-state index contributed by atoms with van der Waals surface area (Å²) in [6, 6.07) is 4.15. The summed E-state index contributed by atoms with van der Waals surface area (Å²) in [5.41, 5.74) is 3.52. The highest BCUT2D eigenvalue weighted by atomic mass is 16.5. The quantitative estimate of drug-likeness (QED) is 0.908. The summed E-state index contributed by atoms with van der Waals surface area (Å²) in [4.78, 5) is 7.55. The molecule has 1 aliphatic heterocycles. The zero-order valence-corrected chi connectivity index (χ0v) is 14.7. The van der Waals surface area contributed by atoms with Gasteiger partial charge in [0.2, 0.25) is 0 Å². The third-order valence-corrected chi connectivity index (χ3v) is 4.94. The fourth-order valence-electron chi connectivity index (χ4n) is 3.58. The van der Waals surface area contributed by atoms with Crippen LogP contribution >= 0.6 is 0 Å². The Bertz CT molecular complexity index is 914. The van der Waals surface area contributed by atoms with Gasteiger partial charge in [-0.05, 0) is 24.1 Å². The van der Waals surface area contributed by atoms with E-state index in [9.17, 15) is 5.26 Å². The standard InChI is InChI=1S/C20H21N3O3/c1-24-18-4-7-22-20-19(18)16(12-23-20)13-2-3-17(14(10-13)11-21)26-15-5-8-25-9-6-15/h4,7,10,12,15H,2-3,5-6,8-9H2,1H3,(H,22,23). The number of ether oxygens (including phenoxy) is 3. The molecule has 1 saturated heterocycles. The van der Waals surface area contributed by atoms with E-state index in [1.807, 2.05) is 18.3 Å². The molecule has 0 aromatic carbocycles. The molecule has 6 nitrogen and oxygen atoms in total. The number of nitrogens with zero attached hydrogens (tertiary/aromatic N) is 2. The third kappa shape index (κ3) is 3.06. The molecule has 4 rings (SSSR count). The SMILES string of the molecule is COc1ccnc2[nH]cc(C3=CC(C#N)=C(OC4CCOCC4)CC3)c12. The van der Waals surface area contributed by atoms with Crippen LogP contribution in [0.5, 0.6) is 5.75 Å². The van der Waals surface area contributed by atoms with Gasteiger partial charge in [-0.3, -0.25) is 0 Å². The van der Waals surface area contributed by atoms with Gasteiger partial charge in [0.15, 0.2) is 0 Å². The van der Waals surface area contributed by atoms with Crippen LogP contribution in [0, 0.1) is 11.3 Å². The van der Waals surface area contributed by atoms with E-state index in [4.69, 9.17) is 14.2 Å². The first-order valence-electron chi connectivity index (χ1n) is 8.89. The number of pyridine rings is 1. The summed E-state index contributed by atoms with van der Waals surface area (Å²) >= 11 is 0. The van der Waals surface area contributed by atoms with Crippen LogP contribution in [0.3, 0.4) is 0 Å². The van der Waals surface area contributed by atoms with Gasteiger partial charge in [-0.25, -0.2) is 4.98 Å². The molecule has 2 aliphatic rings. The van der Waals surface area contributed by atoms with Gasteiger partial charge in [-0.2, -0.15) is 5.26 Å². The summed E-state index contributed by atoms with van der Waals surface area (Å²) in [7, 11) is 1.65. The number of H-pyrrole nitrogens is 1. The Morgan fingerprint density at radius 3 is 2.92 bits per heavy atom. The first kappa shape index (κ1) is 16.7. The van der Waals surface area contributed by atoms with E-state index in [0.717, 1.165) is 72.6 Å². The van der Waals surface area contributed by atoms with Gasteiger partial charge >= 0.3 is 0 Å². The molecular formula is C20H21N3O3. The van der Waals surface area contributed by atoms with Crippen molar-refractivity contribution < 1.29 is 14.2 Å². The van der Waals surface area contributed by atoms with Crippen LogP contribution in [0.25, 0.3) is 16.6 Å². The highest BCUT2D eigenvalue weighted by Crippen LogP contribution is 2.38. The average Bonchev–Trinajstić information content (AvgIpc) is 3.13. The fourth-order valence-corrected chi connectivity index (χ4v) is 3.58. The maximum atomic E-state index is 9.62. The Kier molecular flexibility index (Phi) is 4.63.